The number of nitrogens with zero attached hydrogens (tertiary/aromatic N) is 1. The van der Waals surface area contributed by atoms with Gasteiger partial charge < -0.3 is 15.4 Å². The Labute approximate surface area is 108 Å². The van der Waals surface area contributed by atoms with Crippen molar-refractivity contribution in [3.63, 3.8) is 0 Å². The second-order valence-corrected chi connectivity index (χ2v) is 4.85. The fourth-order valence-corrected chi connectivity index (χ4v) is 2.13. The first kappa shape index (κ1) is 12.9. The summed E-state index contributed by atoms with van der Waals surface area (Å²) in [7, 11) is 1.65. The van der Waals surface area contributed by atoms with Crippen LogP contribution in [0.15, 0.2) is 18.2 Å². The molecule has 2 rings (SSSR count). The standard InChI is InChI=1S/C14H20N2O2/c1-10-7-11(9-12(15)8-10)14(17)16(5-6-18-2)13-3-4-13/h7-9,13H,3-6,15H2,1-2H3. The number of nitrogens with two attached hydrogens (primary N) is 1. The maximum Gasteiger partial charge on any atom is 0.254 e. The third-order valence-electron chi connectivity index (χ3n) is 3.13. The quantitative estimate of drug-likeness (QED) is 0.809. The molecule has 1 aromatic rings. The van der Waals surface area contributed by atoms with Crippen molar-refractivity contribution < 1.29 is 9.53 Å². The molecule has 1 saturated carbocycles. The minimum absolute atomic E-state index is 0.0601. The number of hydrogen-bond donors (Lipinski definition) is 1. The SMILES string of the molecule is COCCN(C(=O)c1cc(C)cc(N)c1)C1CC1. The van der Waals surface area contributed by atoms with Crippen LogP contribution in [-0.4, -0.2) is 37.1 Å². The van der Waals surface area contributed by atoms with E-state index in [0.717, 1.165) is 18.4 Å². The maximum absolute atomic E-state index is 12.5. The van der Waals surface area contributed by atoms with Crippen molar-refractivity contribution in [1.29, 1.82) is 0 Å². The van der Waals surface area contributed by atoms with E-state index in [-0.39, 0.29) is 5.91 Å². The molecule has 0 atom stereocenters. The second-order valence-electron chi connectivity index (χ2n) is 4.85. The first-order valence-electron chi connectivity index (χ1n) is 6.29. The van der Waals surface area contributed by atoms with Gasteiger partial charge in [-0.15, -0.1) is 0 Å². The van der Waals surface area contributed by atoms with Gasteiger partial charge in [-0.1, -0.05) is 0 Å². The molecule has 0 saturated heterocycles. The van der Waals surface area contributed by atoms with Crippen LogP contribution in [0.3, 0.4) is 0 Å². The molecule has 18 heavy (non-hydrogen) atoms. The Bertz CT molecular complexity index is 421. The van der Waals surface area contributed by atoms with Crippen LogP contribution in [0.5, 0.6) is 0 Å². The molecule has 2 N–H and O–H groups in total. The van der Waals surface area contributed by atoms with Gasteiger partial charge in [0.25, 0.3) is 5.91 Å². The minimum Gasteiger partial charge on any atom is -0.399 e. The van der Waals surface area contributed by atoms with Crippen molar-refractivity contribution in [1.82, 2.24) is 4.90 Å². The normalized spacial score (nSPS) is 14.6. The van der Waals surface area contributed by atoms with Gasteiger partial charge in [-0.25, -0.2) is 0 Å². The Balaban J connectivity index is 2.16. The Morgan fingerprint density at radius 2 is 2.17 bits per heavy atom. The summed E-state index contributed by atoms with van der Waals surface area (Å²) in [5.41, 5.74) is 8.12. The van der Waals surface area contributed by atoms with Gasteiger partial charge in [-0.3, -0.25) is 4.79 Å². The van der Waals surface area contributed by atoms with E-state index in [0.29, 0.717) is 30.4 Å². The van der Waals surface area contributed by atoms with Crippen LogP contribution < -0.4 is 5.73 Å². The third-order valence-corrected chi connectivity index (χ3v) is 3.13. The van der Waals surface area contributed by atoms with E-state index in [1.54, 1.807) is 13.2 Å². The van der Waals surface area contributed by atoms with Gasteiger partial charge in [0.1, 0.15) is 0 Å². The van der Waals surface area contributed by atoms with E-state index in [4.69, 9.17) is 10.5 Å². The summed E-state index contributed by atoms with van der Waals surface area (Å²) in [6.45, 7) is 3.17. The summed E-state index contributed by atoms with van der Waals surface area (Å²) in [5.74, 6) is 0.0601. The molecular weight excluding hydrogens is 228 g/mol. The zero-order chi connectivity index (χ0) is 13.1. The van der Waals surface area contributed by atoms with E-state index in [1.165, 1.54) is 0 Å². The van der Waals surface area contributed by atoms with Crippen molar-refractivity contribution in [2.24, 2.45) is 0 Å². The van der Waals surface area contributed by atoms with Crippen molar-refractivity contribution in [2.45, 2.75) is 25.8 Å². The van der Waals surface area contributed by atoms with Gasteiger partial charge in [0, 0.05) is 30.9 Å². The number of carbonyl (C=O) groups excluding carboxylic acids is 1. The van der Waals surface area contributed by atoms with Gasteiger partial charge in [0.2, 0.25) is 0 Å². The second kappa shape index (κ2) is 5.40. The molecule has 0 radical (unpaired) electrons. The highest BCUT2D eigenvalue weighted by molar-refractivity contribution is 5.95. The van der Waals surface area contributed by atoms with Gasteiger partial charge in [0.15, 0.2) is 0 Å². The molecule has 1 aliphatic rings. The van der Waals surface area contributed by atoms with Crippen LogP contribution in [0.2, 0.25) is 0 Å². The van der Waals surface area contributed by atoms with E-state index in [1.807, 2.05) is 24.0 Å². The Morgan fingerprint density at radius 1 is 1.44 bits per heavy atom. The largest absolute Gasteiger partial charge is 0.399 e. The smallest absolute Gasteiger partial charge is 0.254 e. The maximum atomic E-state index is 12.5. The topological polar surface area (TPSA) is 55.6 Å². The van der Waals surface area contributed by atoms with Crippen LogP contribution in [-0.2, 0) is 4.74 Å². The molecule has 0 aliphatic heterocycles. The predicted molar refractivity (Wildman–Crippen MR) is 71.5 cm³/mol. The van der Waals surface area contributed by atoms with E-state index in [9.17, 15) is 4.79 Å². The van der Waals surface area contributed by atoms with Gasteiger partial charge in [-0.2, -0.15) is 0 Å². The molecule has 0 aromatic heterocycles. The number of hydrogen-bond acceptors (Lipinski definition) is 3. The van der Waals surface area contributed by atoms with E-state index >= 15 is 0 Å². The van der Waals surface area contributed by atoms with Crippen LogP contribution in [0.25, 0.3) is 0 Å². The third kappa shape index (κ3) is 3.01. The number of amides is 1. The first-order chi connectivity index (χ1) is 8.61. The van der Waals surface area contributed by atoms with Crippen LogP contribution in [0.1, 0.15) is 28.8 Å². The molecule has 0 spiro atoms. The predicted octanol–water partition coefficient (Wildman–Crippen LogP) is 1.83. The lowest BCUT2D eigenvalue weighted by molar-refractivity contribution is 0.0680. The zero-order valence-electron chi connectivity index (χ0n) is 11.0. The van der Waals surface area contributed by atoms with Crippen molar-refractivity contribution in [3.05, 3.63) is 29.3 Å². The number of benzene rings is 1. The summed E-state index contributed by atoms with van der Waals surface area (Å²) in [6.07, 6.45) is 2.19. The number of ether oxygens (including phenoxy) is 1. The fourth-order valence-electron chi connectivity index (χ4n) is 2.13. The number of methoxy groups -OCH3 is 1. The first-order valence-corrected chi connectivity index (χ1v) is 6.29. The molecule has 1 aromatic carbocycles. The molecular formula is C14H20N2O2. The fraction of sp³-hybridized carbons (Fsp3) is 0.500. The zero-order valence-corrected chi connectivity index (χ0v) is 11.0. The Morgan fingerprint density at radius 3 is 2.72 bits per heavy atom. The monoisotopic (exact) mass is 248 g/mol. The van der Waals surface area contributed by atoms with Gasteiger partial charge in [0.05, 0.1) is 6.61 Å². The highest BCUT2D eigenvalue weighted by atomic mass is 16.5. The summed E-state index contributed by atoms with van der Waals surface area (Å²) < 4.78 is 5.07. The molecule has 1 fully saturated rings. The number of aryl methyl sites for hydroxylation is 1. The van der Waals surface area contributed by atoms with Crippen molar-refractivity contribution in [2.75, 3.05) is 26.0 Å². The van der Waals surface area contributed by atoms with Crippen LogP contribution >= 0.6 is 0 Å². The van der Waals surface area contributed by atoms with Crippen molar-refractivity contribution >= 4 is 11.6 Å². The van der Waals surface area contributed by atoms with Gasteiger partial charge >= 0.3 is 0 Å². The molecule has 1 amide bonds. The summed E-state index contributed by atoms with van der Waals surface area (Å²) in [4.78, 5) is 14.4. The molecule has 0 unspecified atom stereocenters. The lowest BCUT2D eigenvalue weighted by Crippen LogP contribution is -2.35. The highest BCUT2D eigenvalue weighted by Crippen LogP contribution is 2.28. The lowest BCUT2D eigenvalue weighted by Gasteiger charge is -2.22. The average Bonchev–Trinajstić information content (AvgIpc) is 3.12. The summed E-state index contributed by atoms with van der Waals surface area (Å²) in [6, 6.07) is 5.89. The number of rotatable bonds is 5. The van der Waals surface area contributed by atoms with Crippen LogP contribution in [0.4, 0.5) is 5.69 Å². The molecule has 98 valence electrons. The van der Waals surface area contributed by atoms with E-state index in [2.05, 4.69) is 0 Å². The van der Waals surface area contributed by atoms with Crippen LogP contribution in [0, 0.1) is 6.92 Å². The molecule has 4 nitrogen and oxygen atoms in total. The molecule has 0 heterocycles. The molecule has 1 aliphatic carbocycles. The Kier molecular flexibility index (Phi) is 3.87. The number of anilines is 1. The van der Waals surface area contributed by atoms with Crippen molar-refractivity contribution in [3.8, 4) is 0 Å². The number of nitrogen functional groups attached to an aromatic ring is 1. The Hall–Kier alpha value is -1.55. The lowest BCUT2D eigenvalue weighted by atomic mass is 10.1. The summed E-state index contributed by atoms with van der Waals surface area (Å²) >= 11 is 0. The van der Waals surface area contributed by atoms with Gasteiger partial charge in [-0.05, 0) is 43.5 Å². The molecule has 4 heteroatoms. The molecule has 0 bridgehead atoms. The summed E-state index contributed by atoms with van der Waals surface area (Å²) in [5, 5.41) is 0. The van der Waals surface area contributed by atoms with E-state index < -0.39 is 0 Å². The number of carbonyl (C=O) groups is 1. The highest BCUT2D eigenvalue weighted by Gasteiger charge is 2.32. The average molecular weight is 248 g/mol. The minimum atomic E-state index is 0.0601.